The first-order valence-electron chi connectivity index (χ1n) is 9.74. The molecule has 2 fully saturated rings. The molecule has 32 heavy (non-hydrogen) atoms. The second kappa shape index (κ2) is 9.56. The van der Waals surface area contributed by atoms with Gasteiger partial charge in [0.1, 0.15) is 5.75 Å². The molecule has 0 aliphatic carbocycles. The minimum Gasteiger partial charge on any atom is -0.506 e. The van der Waals surface area contributed by atoms with E-state index in [2.05, 4.69) is 0 Å². The number of rotatable bonds is 4. The van der Waals surface area contributed by atoms with Crippen LogP contribution >= 0.6 is 67.8 Å². The molecule has 2 heterocycles. The van der Waals surface area contributed by atoms with Gasteiger partial charge in [0.15, 0.2) is 24.0 Å². The van der Waals surface area contributed by atoms with Crippen LogP contribution in [0.3, 0.4) is 0 Å². The standard InChI is InChI=1S/C20H25I3N2O7/c1-19(2)29-7-9(31-19)24(5)17(27)11-13(21)12(15(23)16(26)14(11)22)18(28)25(6)10-8-30-20(3,4)32-10/h9-10,26H,7-8H2,1-6H3. The molecule has 0 aromatic heterocycles. The molecule has 3 rings (SSSR count). The zero-order valence-corrected chi connectivity index (χ0v) is 25.0. The number of carbonyl (C=O) groups excluding carboxylic acids is 2. The third-order valence-corrected chi connectivity index (χ3v) is 8.39. The summed E-state index contributed by atoms with van der Waals surface area (Å²) in [5.74, 6) is -2.47. The quantitative estimate of drug-likeness (QED) is 0.467. The van der Waals surface area contributed by atoms with Crippen molar-refractivity contribution in [2.75, 3.05) is 27.3 Å². The summed E-state index contributed by atoms with van der Waals surface area (Å²) < 4.78 is 23.9. The number of phenolic OH excluding ortho intramolecular Hbond substituents is 1. The topological polar surface area (TPSA) is 97.8 Å². The molecule has 1 aromatic carbocycles. The maximum absolute atomic E-state index is 13.4. The Morgan fingerprint density at radius 3 is 1.44 bits per heavy atom. The van der Waals surface area contributed by atoms with Crippen molar-refractivity contribution in [2.45, 2.75) is 51.7 Å². The second-order valence-corrected chi connectivity index (χ2v) is 11.7. The van der Waals surface area contributed by atoms with E-state index < -0.39 is 24.0 Å². The van der Waals surface area contributed by atoms with E-state index in [1.54, 1.807) is 41.8 Å². The van der Waals surface area contributed by atoms with Crippen molar-refractivity contribution in [2.24, 2.45) is 0 Å². The van der Waals surface area contributed by atoms with Crippen molar-refractivity contribution >= 4 is 79.6 Å². The van der Waals surface area contributed by atoms with Gasteiger partial charge in [-0.2, -0.15) is 0 Å². The zero-order chi connectivity index (χ0) is 24.2. The van der Waals surface area contributed by atoms with Crippen LogP contribution in [0.4, 0.5) is 0 Å². The summed E-state index contributed by atoms with van der Waals surface area (Å²) in [6.45, 7) is 7.55. The van der Waals surface area contributed by atoms with E-state index in [4.69, 9.17) is 18.9 Å². The molecule has 2 unspecified atom stereocenters. The number of hydrogen-bond donors (Lipinski definition) is 1. The van der Waals surface area contributed by atoms with E-state index in [0.29, 0.717) is 10.7 Å². The van der Waals surface area contributed by atoms with Gasteiger partial charge in [-0.3, -0.25) is 9.59 Å². The normalized spacial score (nSPS) is 23.9. The SMILES string of the molecule is CN(C(=O)c1c(I)c(O)c(I)c(C(=O)N(C)C2COC(C)(C)O2)c1I)C1COC(C)(C)O1. The lowest BCUT2D eigenvalue weighted by atomic mass is 10.1. The molecule has 2 saturated heterocycles. The Balaban J connectivity index is 1.97. The summed E-state index contributed by atoms with van der Waals surface area (Å²) in [6, 6.07) is 0. The summed E-state index contributed by atoms with van der Waals surface area (Å²) in [4.78, 5) is 29.7. The van der Waals surface area contributed by atoms with Crippen LogP contribution < -0.4 is 0 Å². The van der Waals surface area contributed by atoms with E-state index in [0.717, 1.165) is 0 Å². The van der Waals surface area contributed by atoms with Crippen LogP contribution in [0.25, 0.3) is 0 Å². The number of amides is 2. The third kappa shape index (κ3) is 5.15. The van der Waals surface area contributed by atoms with Crippen molar-refractivity contribution in [3.63, 3.8) is 0 Å². The Bertz CT molecular complexity index is 883. The third-order valence-electron chi connectivity index (χ3n) is 5.21. The van der Waals surface area contributed by atoms with Crippen LogP contribution in [0, 0.1) is 10.7 Å². The molecule has 2 aliphatic rings. The predicted molar refractivity (Wildman–Crippen MR) is 140 cm³/mol. The molecule has 0 radical (unpaired) electrons. The number of ether oxygens (including phenoxy) is 4. The van der Waals surface area contributed by atoms with Gasteiger partial charge >= 0.3 is 0 Å². The Kier molecular flexibility index (Phi) is 7.95. The summed E-state index contributed by atoms with van der Waals surface area (Å²) in [5.41, 5.74) is 0.473. The second-order valence-electron chi connectivity index (χ2n) is 8.44. The number of carbonyl (C=O) groups is 2. The van der Waals surface area contributed by atoms with E-state index in [1.807, 2.05) is 67.8 Å². The molecule has 0 saturated carbocycles. The van der Waals surface area contributed by atoms with E-state index in [1.165, 1.54) is 9.80 Å². The van der Waals surface area contributed by atoms with Crippen LogP contribution in [0.1, 0.15) is 48.4 Å². The lowest BCUT2D eigenvalue weighted by Crippen LogP contribution is -2.42. The molecule has 2 aliphatic heterocycles. The van der Waals surface area contributed by atoms with Crippen LogP contribution in [0.5, 0.6) is 5.75 Å². The number of halogens is 3. The number of likely N-dealkylation sites (N-methyl/N-ethyl adjacent to an activating group) is 2. The highest BCUT2D eigenvalue weighted by Crippen LogP contribution is 2.38. The first-order valence-corrected chi connectivity index (χ1v) is 13.0. The van der Waals surface area contributed by atoms with Gasteiger partial charge in [-0.1, -0.05) is 0 Å². The van der Waals surface area contributed by atoms with Crippen LogP contribution in [0.15, 0.2) is 0 Å². The van der Waals surface area contributed by atoms with Gasteiger partial charge in [0.05, 0.1) is 31.5 Å². The fraction of sp³-hybridized carbons (Fsp3) is 0.600. The molecule has 0 spiro atoms. The van der Waals surface area contributed by atoms with E-state index >= 15 is 0 Å². The average molecular weight is 786 g/mol. The molecule has 0 bridgehead atoms. The minimum atomic E-state index is -0.797. The van der Waals surface area contributed by atoms with Crippen molar-refractivity contribution in [3.8, 4) is 5.75 Å². The Labute approximate surface area is 227 Å². The molecule has 12 heteroatoms. The first kappa shape index (κ1) is 26.6. The lowest BCUT2D eigenvalue weighted by Gasteiger charge is -2.28. The molecule has 178 valence electrons. The fourth-order valence-electron chi connectivity index (χ4n) is 3.36. The van der Waals surface area contributed by atoms with Gasteiger partial charge in [-0.05, 0) is 95.5 Å². The summed E-state index contributed by atoms with van der Waals surface area (Å²) in [7, 11) is 3.22. The number of nitrogens with zero attached hydrogens (tertiary/aromatic N) is 2. The van der Waals surface area contributed by atoms with Crippen LogP contribution in [0.2, 0.25) is 0 Å². The van der Waals surface area contributed by atoms with Crippen molar-refractivity contribution in [1.29, 1.82) is 0 Å². The minimum absolute atomic E-state index is 0.118. The maximum Gasteiger partial charge on any atom is 0.258 e. The number of phenols is 1. The van der Waals surface area contributed by atoms with Gasteiger partial charge in [-0.15, -0.1) is 0 Å². The van der Waals surface area contributed by atoms with Gasteiger partial charge in [0, 0.05) is 17.7 Å². The highest BCUT2D eigenvalue weighted by Gasteiger charge is 2.41. The Morgan fingerprint density at radius 1 is 0.812 bits per heavy atom. The monoisotopic (exact) mass is 786 g/mol. The van der Waals surface area contributed by atoms with Gasteiger partial charge in [0.2, 0.25) is 0 Å². The first-order chi connectivity index (χ1) is 14.7. The molecule has 1 N–H and O–H groups in total. The van der Waals surface area contributed by atoms with Crippen molar-refractivity contribution in [1.82, 2.24) is 9.80 Å². The van der Waals surface area contributed by atoms with Gasteiger partial charge in [-0.25, -0.2) is 0 Å². The van der Waals surface area contributed by atoms with Gasteiger partial charge in [0.25, 0.3) is 11.8 Å². The molecule has 1 aromatic rings. The van der Waals surface area contributed by atoms with E-state index in [-0.39, 0.29) is 41.9 Å². The highest BCUT2D eigenvalue weighted by molar-refractivity contribution is 14.1. The molecular weight excluding hydrogens is 761 g/mol. The largest absolute Gasteiger partial charge is 0.506 e. The molecular formula is C20H25I3N2O7. The zero-order valence-electron chi connectivity index (χ0n) is 18.5. The Hall–Kier alpha value is -0.0100. The fourth-order valence-corrected chi connectivity index (χ4v) is 7.45. The highest BCUT2D eigenvalue weighted by atomic mass is 127. The van der Waals surface area contributed by atoms with Crippen molar-refractivity contribution < 1.29 is 33.6 Å². The van der Waals surface area contributed by atoms with Crippen LogP contribution in [-0.2, 0) is 18.9 Å². The number of aromatic hydroxyl groups is 1. The molecule has 2 atom stereocenters. The summed E-state index contributed by atoms with van der Waals surface area (Å²) in [6.07, 6.45) is -1.17. The van der Waals surface area contributed by atoms with E-state index in [9.17, 15) is 14.7 Å². The van der Waals surface area contributed by atoms with Crippen LogP contribution in [-0.4, -0.2) is 78.1 Å². The molecule has 9 nitrogen and oxygen atoms in total. The van der Waals surface area contributed by atoms with Gasteiger partial charge < -0.3 is 33.9 Å². The maximum atomic E-state index is 13.4. The predicted octanol–water partition coefficient (Wildman–Crippen LogP) is 3.57. The number of hydrogen-bond acceptors (Lipinski definition) is 7. The molecule has 2 amide bonds. The summed E-state index contributed by atoms with van der Waals surface area (Å²) >= 11 is 5.84. The Morgan fingerprint density at radius 2 is 1.16 bits per heavy atom. The summed E-state index contributed by atoms with van der Waals surface area (Å²) in [5, 5.41) is 10.8. The average Bonchev–Trinajstić information content (AvgIpc) is 3.26. The number of benzene rings is 1. The lowest BCUT2D eigenvalue weighted by molar-refractivity contribution is -0.153. The van der Waals surface area contributed by atoms with Crippen molar-refractivity contribution in [3.05, 3.63) is 21.8 Å². The smallest absolute Gasteiger partial charge is 0.258 e.